The minimum atomic E-state index is -0.478. The van der Waals surface area contributed by atoms with Crippen LogP contribution in [0.5, 0.6) is 0 Å². The third-order valence-corrected chi connectivity index (χ3v) is 3.56. The zero-order valence-corrected chi connectivity index (χ0v) is 11.5. The number of hydrazine groups is 1. The average molecular weight is 285 g/mol. The van der Waals surface area contributed by atoms with Crippen LogP contribution in [-0.4, -0.2) is 37.2 Å². The van der Waals surface area contributed by atoms with Crippen LogP contribution >= 0.6 is 11.6 Å². The van der Waals surface area contributed by atoms with Crippen LogP contribution in [0.4, 0.5) is 5.69 Å². The Kier molecular flexibility index (Phi) is 4.57. The highest BCUT2D eigenvalue weighted by atomic mass is 35.5. The first-order valence-corrected chi connectivity index (χ1v) is 6.57. The van der Waals surface area contributed by atoms with Crippen LogP contribution in [-0.2, 0) is 11.2 Å². The van der Waals surface area contributed by atoms with Crippen LogP contribution in [0.1, 0.15) is 23.0 Å². The molecule has 7 heteroatoms. The molecule has 0 atom stereocenters. The second-order valence-electron chi connectivity index (χ2n) is 4.21. The van der Waals surface area contributed by atoms with E-state index in [2.05, 4.69) is 15.3 Å². The fraction of sp³-hybridized carbons (Fsp3) is 0.500. The molecule has 0 radical (unpaired) electrons. The Bertz CT molecular complexity index is 475. The number of nitrogens with one attached hydrogen (secondary N) is 1. The molecule has 1 fully saturated rings. The van der Waals surface area contributed by atoms with Gasteiger partial charge in [-0.15, -0.1) is 0 Å². The first-order valence-electron chi connectivity index (χ1n) is 6.20. The van der Waals surface area contributed by atoms with Crippen LogP contribution in [0.25, 0.3) is 0 Å². The van der Waals surface area contributed by atoms with Gasteiger partial charge in [0.2, 0.25) is 0 Å². The van der Waals surface area contributed by atoms with Crippen molar-refractivity contribution in [2.75, 3.05) is 31.2 Å². The van der Waals surface area contributed by atoms with Gasteiger partial charge in [-0.2, -0.15) is 0 Å². The Morgan fingerprint density at radius 3 is 2.84 bits per heavy atom. The third-order valence-electron chi connectivity index (χ3n) is 3.15. The summed E-state index contributed by atoms with van der Waals surface area (Å²) in [6, 6.07) is 0. The van der Waals surface area contributed by atoms with Crippen molar-refractivity contribution in [2.45, 2.75) is 13.3 Å². The summed E-state index contributed by atoms with van der Waals surface area (Å²) >= 11 is 6.27. The van der Waals surface area contributed by atoms with Crippen molar-refractivity contribution < 1.29 is 9.53 Å². The first-order chi connectivity index (χ1) is 9.19. The molecule has 1 aromatic rings. The summed E-state index contributed by atoms with van der Waals surface area (Å²) in [6.07, 6.45) is 2.40. The summed E-state index contributed by atoms with van der Waals surface area (Å²) in [7, 11) is 0. The summed E-state index contributed by atoms with van der Waals surface area (Å²) in [5.74, 6) is 4.64. The van der Waals surface area contributed by atoms with Crippen molar-refractivity contribution in [3.63, 3.8) is 0 Å². The van der Waals surface area contributed by atoms with E-state index in [0.29, 0.717) is 18.2 Å². The van der Waals surface area contributed by atoms with Gasteiger partial charge in [-0.05, 0) is 12.0 Å². The molecule has 0 aromatic carbocycles. The number of hydrogen-bond donors (Lipinski definition) is 2. The number of anilines is 1. The second-order valence-corrected chi connectivity index (χ2v) is 4.59. The van der Waals surface area contributed by atoms with Crippen molar-refractivity contribution in [1.29, 1.82) is 0 Å². The number of nitrogens with zero attached hydrogens (tertiary/aromatic N) is 2. The molecule has 19 heavy (non-hydrogen) atoms. The fourth-order valence-corrected chi connectivity index (χ4v) is 2.52. The molecule has 0 bridgehead atoms. The lowest BCUT2D eigenvalue weighted by molar-refractivity contribution is 0.0948. The number of carbonyl (C=O) groups excluding carboxylic acids is 1. The van der Waals surface area contributed by atoms with Gasteiger partial charge in [0.25, 0.3) is 5.91 Å². The molecule has 2 rings (SSSR count). The Labute approximate surface area is 116 Å². The van der Waals surface area contributed by atoms with Crippen molar-refractivity contribution in [3.05, 3.63) is 22.5 Å². The number of rotatable bonds is 3. The summed E-state index contributed by atoms with van der Waals surface area (Å²) < 4.78 is 5.33. The van der Waals surface area contributed by atoms with Crippen LogP contribution < -0.4 is 16.2 Å². The van der Waals surface area contributed by atoms with Crippen molar-refractivity contribution >= 4 is 23.2 Å². The van der Waals surface area contributed by atoms with Crippen molar-refractivity contribution in [2.24, 2.45) is 5.84 Å². The average Bonchev–Trinajstić information content (AvgIpc) is 2.47. The topological polar surface area (TPSA) is 80.5 Å². The minimum absolute atomic E-state index is 0.165. The molecule has 0 saturated carbocycles. The molecule has 0 aliphatic carbocycles. The molecule has 1 aliphatic heterocycles. The van der Waals surface area contributed by atoms with E-state index < -0.39 is 5.91 Å². The number of ether oxygens (including phenoxy) is 1. The van der Waals surface area contributed by atoms with E-state index in [1.54, 1.807) is 6.20 Å². The van der Waals surface area contributed by atoms with Crippen molar-refractivity contribution in [3.8, 4) is 0 Å². The van der Waals surface area contributed by atoms with Crippen LogP contribution in [0.2, 0.25) is 5.02 Å². The number of hydrogen-bond acceptors (Lipinski definition) is 5. The van der Waals surface area contributed by atoms with E-state index in [1.165, 1.54) is 0 Å². The molecule has 1 saturated heterocycles. The number of nitrogen functional groups attached to an aromatic ring is 1. The Morgan fingerprint density at radius 2 is 2.26 bits per heavy atom. The van der Waals surface area contributed by atoms with Gasteiger partial charge < -0.3 is 9.64 Å². The molecular formula is C12H17ClN4O2. The molecule has 1 aromatic heterocycles. The maximum absolute atomic E-state index is 11.6. The lowest BCUT2D eigenvalue weighted by atomic mass is 10.1. The lowest BCUT2D eigenvalue weighted by Gasteiger charge is -2.30. The molecule has 1 aliphatic rings. The number of morpholine rings is 1. The molecule has 6 nitrogen and oxygen atoms in total. The number of pyridine rings is 1. The molecule has 0 unspecified atom stereocenters. The fourth-order valence-electron chi connectivity index (χ4n) is 2.16. The highest BCUT2D eigenvalue weighted by Crippen LogP contribution is 2.30. The Balaban J connectivity index is 2.39. The number of halogens is 1. The number of amides is 1. The van der Waals surface area contributed by atoms with Crippen molar-refractivity contribution in [1.82, 2.24) is 10.4 Å². The second kappa shape index (κ2) is 6.18. The standard InChI is InChI=1S/C12H17ClN4O2/c1-2-8-9(17-3-5-19-6-4-17)7-15-11(10(8)13)12(18)16-14/h7H,2-6,14H2,1H3,(H,16,18). The van der Waals surface area contributed by atoms with E-state index in [4.69, 9.17) is 22.2 Å². The predicted octanol–water partition coefficient (Wildman–Crippen LogP) is 0.738. The van der Waals surface area contributed by atoms with Gasteiger partial charge in [-0.1, -0.05) is 18.5 Å². The van der Waals surface area contributed by atoms with E-state index in [1.807, 2.05) is 6.92 Å². The monoisotopic (exact) mass is 284 g/mol. The third kappa shape index (κ3) is 2.80. The van der Waals surface area contributed by atoms with E-state index in [9.17, 15) is 4.79 Å². The zero-order valence-electron chi connectivity index (χ0n) is 10.8. The van der Waals surface area contributed by atoms with Crippen LogP contribution in [0.15, 0.2) is 6.20 Å². The predicted molar refractivity (Wildman–Crippen MR) is 73.3 cm³/mol. The smallest absolute Gasteiger partial charge is 0.285 e. The Morgan fingerprint density at radius 1 is 1.58 bits per heavy atom. The number of nitrogens with two attached hydrogens (primary N) is 1. The first kappa shape index (κ1) is 14.0. The van der Waals surface area contributed by atoms with Gasteiger partial charge in [0.1, 0.15) is 5.69 Å². The van der Waals surface area contributed by atoms with E-state index in [-0.39, 0.29) is 5.69 Å². The van der Waals surface area contributed by atoms with Gasteiger partial charge >= 0.3 is 0 Å². The number of carbonyl (C=O) groups is 1. The zero-order chi connectivity index (χ0) is 13.8. The molecule has 3 N–H and O–H groups in total. The summed E-state index contributed by atoms with van der Waals surface area (Å²) in [5, 5.41) is 0.370. The molecular weight excluding hydrogens is 268 g/mol. The van der Waals surface area contributed by atoms with E-state index in [0.717, 1.165) is 30.8 Å². The van der Waals surface area contributed by atoms with Gasteiger partial charge in [0, 0.05) is 13.1 Å². The van der Waals surface area contributed by atoms with Crippen LogP contribution in [0.3, 0.4) is 0 Å². The normalized spacial score (nSPS) is 15.4. The van der Waals surface area contributed by atoms with Gasteiger partial charge in [0.05, 0.1) is 30.1 Å². The largest absolute Gasteiger partial charge is 0.378 e. The van der Waals surface area contributed by atoms with Crippen LogP contribution in [0, 0.1) is 0 Å². The highest BCUT2D eigenvalue weighted by Gasteiger charge is 2.21. The SMILES string of the molecule is CCc1c(N2CCOCC2)cnc(C(=O)NN)c1Cl. The quantitative estimate of drug-likeness (QED) is 0.486. The van der Waals surface area contributed by atoms with E-state index >= 15 is 0 Å². The molecule has 2 heterocycles. The number of aromatic nitrogens is 1. The Hall–Kier alpha value is -1.37. The summed E-state index contributed by atoms with van der Waals surface area (Å²) in [5.41, 5.74) is 4.09. The maximum atomic E-state index is 11.6. The maximum Gasteiger partial charge on any atom is 0.285 e. The highest BCUT2D eigenvalue weighted by molar-refractivity contribution is 6.34. The lowest BCUT2D eigenvalue weighted by Crippen LogP contribution is -2.37. The molecule has 1 amide bonds. The van der Waals surface area contributed by atoms with Gasteiger partial charge in [0.15, 0.2) is 0 Å². The van der Waals surface area contributed by atoms with Gasteiger partial charge in [-0.25, -0.2) is 10.8 Å². The summed E-state index contributed by atoms with van der Waals surface area (Å²) in [6.45, 7) is 4.97. The summed E-state index contributed by atoms with van der Waals surface area (Å²) in [4.78, 5) is 17.9. The van der Waals surface area contributed by atoms with Gasteiger partial charge in [-0.3, -0.25) is 10.2 Å². The molecule has 0 spiro atoms. The molecule has 104 valence electrons. The minimum Gasteiger partial charge on any atom is -0.378 e.